The molecule has 5 nitrogen and oxygen atoms in total. The lowest BCUT2D eigenvalue weighted by molar-refractivity contribution is -0.129. The fourth-order valence-electron chi connectivity index (χ4n) is 6.80. The molecule has 31 heavy (non-hydrogen) atoms. The Bertz CT molecular complexity index is 1030. The van der Waals surface area contributed by atoms with Gasteiger partial charge in [-0.05, 0) is 86.0 Å². The first kappa shape index (κ1) is 20.7. The van der Waals surface area contributed by atoms with E-state index in [1.54, 1.807) is 12.3 Å². The zero-order valence-corrected chi connectivity index (χ0v) is 19.0. The number of amides is 1. The van der Waals surface area contributed by atoms with Gasteiger partial charge in [0.1, 0.15) is 11.5 Å². The predicted molar refractivity (Wildman–Crippen MR) is 121 cm³/mol. The lowest BCUT2D eigenvalue weighted by atomic mass is 9.54. The number of fused-ring (bicyclic) bond motifs is 5. The number of carbonyl (C=O) groups excluding carboxylic acids is 2. The van der Waals surface area contributed by atoms with Gasteiger partial charge in [0.15, 0.2) is 5.13 Å². The lowest BCUT2D eigenvalue weighted by Gasteiger charge is -2.50. The van der Waals surface area contributed by atoms with Crippen LogP contribution in [0.25, 0.3) is 0 Å². The molecule has 2 aromatic rings. The quantitative estimate of drug-likeness (QED) is 0.685. The Kier molecular flexibility index (Phi) is 5.16. The molecule has 5 atom stereocenters. The smallest absolute Gasteiger partial charge is 0.226 e. The highest BCUT2D eigenvalue weighted by Gasteiger charge is 2.58. The van der Waals surface area contributed by atoms with Crippen molar-refractivity contribution in [2.75, 3.05) is 5.32 Å². The van der Waals surface area contributed by atoms with Gasteiger partial charge in [0.2, 0.25) is 5.91 Å². The van der Waals surface area contributed by atoms with Crippen LogP contribution in [0.4, 0.5) is 5.13 Å². The summed E-state index contributed by atoms with van der Waals surface area (Å²) in [5.41, 5.74) is 2.39. The molecule has 0 bridgehead atoms. The van der Waals surface area contributed by atoms with Crippen molar-refractivity contribution in [3.63, 3.8) is 0 Å². The van der Waals surface area contributed by atoms with Gasteiger partial charge in [0.25, 0.3) is 0 Å². The number of nitrogens with zero attached hydrogens (tertiary/aromatic N) is 1. The number of anilines is 1. The molecule has 1 amide bonds. The van der Waals surface area contributed by atoms with Crippen molar-refractivity contribution in [3.05, 3.63) is 40.4 Å². The lowest BCUT2D eigenvalue weighted by Crippen LogP contribution is -2.44. The maximum absolute atomic E-state index is 13.1. The van der Waals surface area contributed by atoms with Crippen LogP contribution in [0.15, 0.2) is 24.4 Å². The van der Waals surface area contributed by atoms with Crippen LogP contribution in [-0.2, 0) is 16.0 Å². The normalized spacial score (nSPS) is 31.6. The van der Waals surface area contributed by atoms with Crippen molar-refractivity contribution in [2.24, 2.45) is 23.2 Å². The Morgan fingerprint density at radius 2 is 2.19 bits per heavy atom. The summed E-state index contributed by atoms with van der Waals surface area (Å²) < 4.78 is 0. The van der Waals surface area contributed by atoms with E-state index in [0.717, 1.165) is 37.0 Å². The first-order valence-electron chi connectivity index (χ1n) is 11.4. The number of Topliss-reactive ketones (excluding diaryl/α,β-unsaturated/α-hetero) is 1. The van der Waals surface area contributed by atoms with Crippen molar-refractivity contribution in [2.45, 2.75) is 64.7 Å². The van der Waals surface area contributed by atoms with E-state index in [0.29, 0.717) is 47.3 Å². The van der Waals surface area contributed by atoms with Gasteiger partial charge in [0, 0.05) is 29.3 Å². The summed E-state index contributed by atoms with van der Waals surface area (Å²) in [4.78, 5) is 30.9. The molecule has 2 N–H and O–H groups in total. The summed E-state index contributed by atoms with van der Waals surface area (Å²) in [5, 5.41) is 13.5. The average Bonchev–Trinajstić information content (AvgIpc) is 3.25. The SMILES string of the molecule is Cc1cnc(NC(=O)CC[C@@H]2CC(=O)C3(C)CCC4c5ccc(O)cc5CCC4C23)s1. The third-order valence-corrected chi connectivity index (χ3v) is 8.99. The van der Waals surface area contributed by atoms with Crippen molar-refractivity contribution >= 4 is 28.2 Å². The molecule has 2 saturated carbocycles. The molecule has 5 rings (SSSR count). The topological polar surface area (TPSA) is 79.3 Å². The van der Waals surface area contributed by atoms with E-state index in [1.165, 1.54) is 22.5 Å². The number of aromatic hydroxyl groups is 1. The van der Waals surface area contributed by atoms with Crippen molar-refractivity contribution in [3.8, 4) is 5.75 Å². The zero-order valence-electron chi connectivity index (χ0n) is 18.2. The summed E-state index contributed by atoms with van der Waals surface area (Å²) in [6.07, 6.45) is 7.56. The molecule has 3 aliphatic carbocycles. The van der Waals surface area contributed by atoms with Crippen LogP contribution in [0.5, 0.6) is 5.75 Å². The molecule has 0 radical (unpaired) electrons. The molecule has 164 valence electrons. The molecule has 4 unspecified atom stereocenters. The largest absolute Gasteiger partial charge is 0.508 e. The molecular weight excluding hydrogens is 408 g/mol. The number of phenolic OH excluding ortho intramolecular Hbond substituents is 1. The Hall–Kier alpha value is -2.21. The van der Waals surface area contributed by atoms with Gasteiger partial charge >= 0.3 is 0 Å². The molecule has 3 aliphatic rings. The van der Waals surface area contributed by atoms with E-state index in [9.17, 15) is 14.7 Å². The summed E-state index contributed by atoms with van der Waals surface area (Å²) in [6, 6.07) is 5.82. The molecular formula is C25H30N2O3S. The summed E-state index contributed by atoms with van der Waals surface area (Å²) in [6.45, 7) is 4.16. The van der Waals surface area contributed by atoms with Gasteiger partial charge in [-0.15, -0.1) is 11.3 Å². The Morgan fingerprint density at radius 1 is 1.35 bits per heavy atom. The fraction of sp³-hybridized carbons (Fsp3) is 0.560. The van der Waals surface area contributed by atoms with E-state index in [1.807, 2.05) is 13.0 Å². The number of nitrogens with one attached hydrogen (secondary N) is 1. The second kappa shape index (κ2) is 7.73. The number of benzene rings is 1. The van der Waals surface area contributed by atoms with Crippen molar-refractivity contribution in [1.82, 2.24) is 4.98 Å². The first-order valence-corrected chi connectivity index (χ1v) is 12.2. The van der Waals surface area contributed by atoms with E-state index < -0.39 is 0 Å². The van der Waals surface area contributed by atoms with Crippen LogP contribution in [0.3, 0.4) is 0 Å². The summed E-state index contributed by atoms with van der Waals surface area (Å²) >= 11 is 1.49. The monoisotopic (exact) mass is 438 g/mol. The molecule has 0 saturated heterocycles. The highest BCUT2D eigenvalue weighted by molar-refractivity contribution is 7.15. The minimum absolute atomic E-state index is 0.00720. The third-order valence-electron chi connectivity index (χ3n) is 8.16. The number of aryl methyl sites for hydroxylation is 2. The Labute approximate surface area is 187 Å². The van der Waals surface area contributed by atoms with Gasteiger partial charge in [-0.2, -0.15) is 0 Å². The zero-order chi connectivity index (χ0) is 21.8. The minimum Gasteiger partial charge on any atom is -0.508 e. The number of hydrogen-bond acceptors (Lipinski definition) is 5. The maximum Gasteiger partial charge on any atom is 0.226 e. The molecule has 6 heteroatoms. The van der Waals surface area contributed by atoms with Gasteiger partial charge in [0.05, 0.1) is 0 Å². The molecule has 1 aromatic carbocycles. The van der Waals surface area contributed by atoms with Gasteiger partial charge in [-0.3, -0.25) is 9.59 Å². The maximum atomic E-state index is 13.1. The first-order chi connectivity index (χ1) is 14.8. The van der Waals surface area contributed by atoms with E-state index in [4.69, 9.17) is 0 Å². The van der Waals surface area contributed by atoms with Crippen LogP contribution in [0.1, 0.15) is 67.4 Å². The van der Waals surface area contributed by atoms with Crippen LogP contribution >= 0.6 is 11.3 Å². The molecule has 2 fully saturated rings. The molecule has 0 aliphatic heterocycles. The second-order valence-electron chi connectivity index (χ2n) is 9.92. The van der Waals surface area contributed by atoms with E-state index >= 15 is 0 Å². The number of aromatic nitrogens is 1. The number of phenols is 1. The number of rotatable bonds is 4. The minimum atomic E-state index is -0.247. The second-order valence-corrected chi connectivity index (χ2v) is 11.2. The van der Waals surface area contributed by atoms with Gasteiger partial charge in [-0.1, -0.05) is 13.0 Å². The highest BCUT2D eigenvalue weighted by atomic mass is 32.1. The van der Waals surface area contributed by atoms with Crippen LogP contribution in [0.2, 0.25) is 0 Å². The third kappa shape index (κ3) is 3.59. The fourth-order valence-corrected chi connectivity index (χ4v) is 7.48. The standard InChI is InChI=1S/C25H30N2O3S/c1-14-13-26-24(31-14)27-22(30)8-4-16-12-21(29)25(2)10-9-19-18-7-5-17(28)11-15(18)3-6-20(19)23(16)25/h5,7,11,13,16,19-20,23,28H,3-4,6,8-10,12H2,1-2H3,(H,26,27,30)/t16-,19?,20?,23?,25?/m1/s1. The van der Waals surface area contributed by atoms with Crippen LogP contribution in [0, 0.1) is 30.1 Å². The Morgan fingerprint density at radius 3 is 2.97 bits per heavy atom. The van der Waals surface area contributed by atoms with Crippen LogP contribution in [-0.4, -0.2) is 21.8 Å². The number of ketones is 1. The Balaban J connectivity index is 1.33. The summed E-state index contributed by atoms with van der Waals surface area (Å²) in [7, 11) is 0. The van der Waals surface area contributed by atoms with Gasteiger partial charge in [-0.25, -0.2) is 4.98 Å². The van der Waals surface area contributed by atoms with Crippen LogP contribution < -0.4 is 5.32 Å². The average molecular weight is 439 g/mol. The van der Waals surface area contributed by atoms with E-state index in [-0.39, 0.29) is 17.2 Å². The van der Waals surface area contributed by atoms with Crippen molar-refractivity contribution in [1.29, 1.82) is 0 Å². The number of hydrogen-bond donors (Lipinski definition) is 2. The van der Waals surface area contributed by atoms with Gasteiger partial charge < -0.3 is 10.4 Å². The number of carbonyl (C=O) groups is 2. The van der Waals surface area contributed by atoms with Crippen molar-refractivity contribution < 1.29 is 14.7 Å². The number of thiazole rings is 1. The summed E-state index contributed by atoms with van der Waals surface area (Å²) in [5.74, 6) is 2.29. The molecule has 1 aromatic heterocycles. The highest BCUT2D eigenvalue weighted by Crippen LogP contribution is 2.62. The molecule has 1 heterocycles. The van der Waals surface area contributed by atoms with E-state index in [2.05, 4.69) is 23.3 Å². The molecule has 0 spiro atoms. The predicted octanol–water partition coefficient (Wildman–Crippen LogP) is 5.23.